The Bertz CT molecular complexity index is 689. The first-order chi connectivity index (χ1) is 12.4. The van der Waals surface area contributed by atoms with Crippen molar-refractivity contribution in [2.45, 2.75) is 50.1 Å². The standard InChI is InChI=1S/C23H28F2N/c1-26(2)21-11-12-22(26)14-16(13-21)15-23(17-3-7-19(24)8-4-17)18-5-9-20(25)10-6-18/h3-10,16,21-23H,11-15H2,1-2H3/q+1/t16?,21-,22+. The van der Waals surface area contributed by atoms with Gasteiger partial charge in [-0.25, -0.2) is 8.78 Å². The number of benzene rings is 2. The molecule has 2 heterocycles. The van der Waals surface area contributed by atoms with Crippen molar-refractivity contribution in [2.75, 3.05) is 14.1 Å². The number of nitrogens with zero attached hydrogens (tertiary/aromatic N) is 1. The second-order valence-electron chi connectivity index (χ2n) is 8.74. The first-order valence-electron chi connectivity index (χ1n) is 9.77. The lowest BCUT2D eigenvalue weighted by Crippen LogP contribution is -2.54. The fourth-order valence-corrected chi connectivity index (χ4v) is 5.37. The van der Waals surface area contributed by atoms with Crippen LogP contribution in [0.15, 0.2) is 48.5 Å². The maximum atomic E-state index is 13.4. The zero-order chi connectivity index (χ0) is 18.3. The number of quaternary nitrogens is 1. The molecular weight excluding hydrogens is 328 g/mol. The Hall–Kier alpha value is -1.74. The topological polar surface area (TPSA) is 0 Å². The monoisotopic (exact) mass is 356 g/mol. The number of halogens is 2. The smallest absolute Gasteiger partial charge is 0.123 e. The molecular formula is C23H28F2N+. The second-order valence-corrected chi connectivity index (χ2v) is 8.74. The molecule has 138 valence electrons. The Labute approximate surface area is 155 Å². The highest BCUT2D eigenvalue weighted by molar-refractivity contribution is 5.33. The predicted octanol–water partition coefficient (Wildman–Crippen LogP) is 5.50. The molecule has 2 fully saturated rings. The Morgan fingerprint density at radius 2 is 1.23 bits per heavy atom. The first kappa shape index (κ1) is 17.7. The van der Waals surface area contributed by atoms with Crippen molar-refractivity contribution in [2.24, 2.45) is 5.92 Å². The molecule has 3 atom stereocenters. The third-order valence-corrected chi connectivity index (χ3v) is 7.04. The lowest BCUT2D eigenvalue weighted by Gasteiger charge is -2.45. The summed E-state index contributed by atoms with van der Waals surface area (Å²) in [5.74, 6) is 0.468. The molecule has 2 aromatic carbocycles. The zero-order valence-electron chi connectivity index (χ0n) is 15.7. The lowest BCUT2D eigenvalue weighted by molar-refractivity contribution is -0.931. The Balaban J connectivity index is 1.59. The minimum Gasteiger partial charge on any atom is -0.324 e. The molecule has 26 heavy (non-hydrogen) atoms. The summed E-state index contributed by atoms with van der Waals surface area (Å²) >= 11 is 0. The van der Waals surface area contributed by atoms with Crippen LogP contribution in [0.2, 0.25) is 0 Å². The highest BCUT2D eigenvalue weighted by Crippen LogP contribution is 2.45. The van der Waals surface area contributed by atoms with Gasteiger partial charge in [0, 0.05) is 31.6 Å². The van der Waals surface area contributed by atoms with Crippen LogP contribution in [-0.2, 0) is 0 Å². The number of hydrogen-bond acceptors (Lipinski definition) is 0. The van der Waals surface area contributed by atoms with Crippen LogP contribution in [0.4, 0.5) is 8.78 Å². The quantitative estimate of drug-likeness (QED) is 0.634. The van der Waals surface area contributed by atoms with Crippen molar-refractivity contribution in [1.29, 1.82) is 0 Å². The van der Waals surface area contributed by atoms with Crippen molar-refractivity contribution >= 4 is 0 Å². The molecule has 0 aliphatic carbocycles. The molecule has 2 aromatic rings. The molecule has 0 N–H and O–H groups in total. The molecule has 2 saturated heterocycles. The molecule has 1 unspecified atom stereocenters. The van der Waals surface area contributed by atoms with Gasteiger partial charge in [0.15, 0.2) is 0 Å². The van der Waals surface area contributed by atoms with Crippen molar-refractivity contribution in [3.05, 3.63) is 71.3 Å². The number of hydrogen-bond donors (Lipinski definition) is 0. The highest BCUT2D eigenvalue weighted by atomic mass is 19.1. The minimum absolute atomic E-state index is 0.203. The van der Waals surface area contributed by atoms with E-state index in [1.807, 2.05) is 24.3 Å². The van der Waals surface area contributed by atoms with Crippen LogP contribution < -0.4 is 0 Å². The molecule has 0 saturated carbocycles. The molecule has 2 aliphatic heterocycles. The summed E-state index contributed by atoms with van der Waals surface area (Å²) < 4.78 is 28.0. The highest BCUT2D eigenvalue weighted by Gasteiger charge is 2.48. The molecule has 0 amide bonds. The van der Waals surface area contributed by atoms with Crippen LogP contribution in [0, 0.1) is 17.6 Å². The summed E-state index contributed by atoms with van der Waals surface area (Å²) in [7, 11) is 4.77. The fourth-order valence-electron chi connectivity index (χ4n) is 5.37. The molecule has 1 nitrogen and oxygen atoms in total. The van der Waals surface area contributed by atoms with Crippen LogP contribution in [0.1, 0.15) is 49.1 Å². The van der Waals surface area contributed by atoms with Gasteiger partial charge >= 0.3 is 0 Å². The summed E-state index contributed by atoms with van der Waals surface area (Å²) in [5.41, 5.74) is 2.26. The van der Waals surface area contributed by atoms with Crippen LogP contribution in [0.5, 0.6) is 0 Å². The summed E-state index contributed by atoms with van der Waals surface area (Å²) in [6, 6.07) is 15.2. The van der Waals surface area contributed by atoms with Crippen LogP contribution in [-0.4, -0.2) is 30.7 Å². The number of rotatable bonds is 4. The van der Waals surface area contributed by atoms with Gasteiger partial charge in [0.1, 0.15) is 11.6 Å². The summed E-state index contributed by atoms with van der Waals surface area (Å²) in [6.45, 7) is 0. The predicted molar refractivity (Wildman–Crippen MR) is 101 cm³/mol. The Kier molecular flexibility index (Phi) is 4.60. The SMILES string of the molecule is C[N+]1(C)[C@@H]2CC[C@H]1CC(CC(c1ccc(F)cc1)c1ccc(F)cc1)C2. The first-order valence-corrected chi connectivity index (χ1v) is 9.77. The lowest BCUT2D eigenvalue weighted by atomic mass is 9.78. The minimum atomic E-state index is -0.207. The maximum Gasteiger partial charge on any atom is 0.123 e. The van der Waals surface area contributed by atoms with Gasteiger partial charge in [0.25, 0.3) is 0 Å². The number of piperidine rings is 1. The molecule has 0 spiro atoms. The van der Waals surface area contributed by atoms with Gasteiger partial charge in [-0.15, -0.1) is 0 Å². The summed E-state index contributed by atoms with van der Waals surface area (Å²) in [6.07, 6.45) is 6.27. The van der Waals surface area contributed by atoms with E-state index in [9.17, 15) is 8.78 Å². The fraction of sp³-hybridized carbons (Fsp3) is 0.478. The van der Waals surface area contributed by atoms with E-state index in [1.165, 1.54) is 54.4 Å². The maximum absolute atomic E-state index is 13.4. The molecule has 3 heteroatoms. The Morgan fingerprint density at radius 3 is 1.65 bits per heavy atom. The van der Waals surface area contributed by atoms with Gasteiger partial charge in [-0.05, 0) is 47.7 Å². The van der Waals surface area contributed by atoms with E-state index < -0.39 is 0 Å². The van der Waals surface area contributed by atoms with Gasteiger partial charge in [0.2, 0.25) is 0 Å². The van der Waals surface area contributed by atoms with E-state index >= 15 is 0 Å². The van der Waals surface area contributed by atoms with E-state index in [2.05, 4.69) is 14.1 Å². The third-order valence-electron chi connectivity index (χ3n) is 7.04. The van der Waals surface area contributed by atoms with Crippen molar-refractivity contribution < 1.29 is 13.3 Å². The van der Waals surface area contributed by atoms with Gasteiger partial charge in [0.05, 0.1) is 26.2 Å². The molecule has 0 aromatic heterocycles. The third kappa shape index (κ3) is 3.29. The summed E-state index contributed by atoms with van der Waals surface area (Å²) in [4.78, 5) is 0. The van der Waals surface area contributed by atoms with Crippen molar-refractivity contribution in [1.82, 2.24) is 0 Å². The second kappa shape index (κ2) is 6.77. The van der Waals surface area contributed by atoms with E-state index in [-0.39, 0.29) is 17.6 Å². The largest absolute Gasteiger partial charge is 0.324 e. The van der Waals surface area contributed by atoms with E-state index in [1.54, 1.807) is 0 Å². The van der Waals surface area contributed by atoms with Crippen molar-refractivity contribution in [3.8, 4) is 0 Å². The van der Waals surface area contributed by atoms with Gasteiger partial charge in [-0.2, -0.15) is 0 Å². The van der Waals surface area contributed by atoms with Gasteiger partial charge in [-0.3, -0.25) is 0 Å². The van der Waals surface area contributed by atoms with E-state index in [0.717, 1.165) is 29.6 Å². The van der Waals surface area contributed by atoms with Gasteiger partial charge in [-0.1, -0.05) is 24.3 Å². The molecule has 2 bridgehead atoms. The van der Waals surface area contributed by atoms with E-state index in [4.69, 9.17) is 0 Å². The van der Waals surface area contributed by atoms with Crippen molar-refractivity contribution in [3.63, 3.8) is 0 Å². The van der Waals surface area contributed by atoms with Crippen LogP contribution in [0.25, 0.3) is 0 Å². The summed E-state index contributed by atoms with van der Waals surface area (Å²) in [5, 5.41) is 0. The molecule has 0 radical (unpaired) electrons. The normalized spacial score (nSPS) is 27.0. The average Bonchev–Trinajstić information content (AvgIpc) is 2.78. The van der Waals surface area contributed by atoms with Crippen LogP contribution in [0.3, 0.4) is 0 Å². The number of fused-ring (bicyclic) bond motifs is 2. The molecule has 2 aliphatic rings. The average molecular weight is 356 g/mol. The van der Waals surface area contributed by atoms with E-state index in [0.29, 0.717) is 5.92 Å². The van der Waals surface area contributed by atoms with Gasteiger partial charge < -0.3 is 4.48 Å². The van der Waals surface area contributed by atoms with Crippen LogP contribution >= 0.6 is 0 Å². The zero-order valence-corrected chi connectivity index (χ0v) is 15.7. The Morgan fingerprint density at radius 1 is 0.808 bits per heavy atom. The molecule has 4 rings (SSSR count).